The molecular weight excluding hydrogens is 218 g/mol. The zero-order valence-corrected chi connectivity index (χ0v) is 7.81. The van der Waals surface area contributed by atoms with E-state index in [2.05, 4.69) is 0 Å². The second-order valence-corrected chi connectivity index (χ2v) is 1.53. The second kappa shape index (κ2) is 6.76. The van der Waals surface area contributed by atoms with Crippen molar-refractivity contribution in [3.05, 3.63) is 0 Å². The van der Waals surface area contributed by atoms with Gasteiger partial charge in [0.2, 0.25) is 5.24 Å². The molecule has 0 aromatic rings. The molecule has 1 nitrogen and oxygen atoms in total. The molecule has 0 N–H and O–H groups in total. The van der Waals surface area contributed by atoms with Crippen molar-refractivity contribution < 1.29 is 4.79 Å². The van der Waals surface area contributed by atoms with Gasteiger partial charge in [-0.25, -0.2) is 0 Å². The average molecular weight is 225 g/mol. The molecule has 0 rings (SSSR count). The first-order chi connectivity index (χ1) is 2.77. The quantitative estimate of drug-likeness (QED) is 0.509. The number of hydrogen-bond acceptors (Lipinski definition) is 1. The van der Waals surface area contributed by atoms with Gasteiger partial charge in [0.25, 0.3) is 0 Å². The van der Waals surface area contributed by atoms with Crippen LogP contribution in [-0.4, -0.2) is 29.2 Å². The Balaban J connectivity index is 0. The molecule has 3 heteroatoms. The first-order valence-corrected chi connectivity index (χ1v) is 2.33. The summed E-state index contributed by atoms with van der Waals surface area (Å²) < 4.78 is 0. The molecular formula is C4H7ClOSn. The summed E-state index contributed by atoms with van der Waals surface area (Å²) in [5, 5.41) is -0.238. The van der Waals surface area contributed by atoms with Gasteiger partial charge >= 0.3 is 0 Å². The van der Waals surface area contributed by atoms with Crippen LogP contribution in [0, 0.1) is 0 Å². The molecule has 0 unspecified atom stereocenters. The molecule has 0 spiro atoms. The maximum atomic E-state index is 9.81. The molecule has 0 fully saturated rings. The standard InChI is InChI=1S/C4H7ClO.Sn/c1-2-3-4(5)6;/h2-3H2,1H3;. The van der Waals surface area contributed by atoms with E-state index >= 15 is 0 Å². The van der Waals surface area contributed by atoms with Crippen molar-refractivity contribution in [1.82, 2.24) is 0 Å². The van der Waals surface area contributed by atoms with Gasteiger partial charge in [0.05, 0.1) is 0 Å². The van der Waals surface area contributed by atoms with Crippen LogP contribution in [0.1, 0.15) is 19.8 Å². The maximum absolute atomic E-state index is 9.81. The Labute approximate surface area is 65.4 Å². The molecule has 0 aliphatic heterocycles. The molecule has 40 valence electrons. The van der Waals surface area contributed by atoms with Crippen molar-refractivity contribution in [3.63, 3.8) is 0 Å². The minimum absolute atomic E-state index is 0. The predicted octanol–water partition coefficient (Wildman–Crippen LogP) is 1.17. The summed E-state index contributed by atoms with van der Waals surface area (Å²) in [6.07, 6.45) is 1.35. The Kier molecular flexibility index (Phi) is 10.3. The fourth-order valence-corrected chi connectivity index (χ4v) is 0.386. The molecule has 0 aliphatic carbocycles. The van der Waals surface area contributed by atoms with Gasteiger partial charge in [0, 0.05) is 30.3 Å². The van der Waals surface area contributed by atoms with Crippen molar-refractivity contribution in [2.75, 3.05) is 0 Å². The largest absolute Gasteiger partial charge is 0.281 e. The van der Waals surface area contributed by atoms with E-state index < -0.39 is 0 Å². The molecule has 0 saturated heterocycles. The fourth-order valence-electron chi connectivity index (χ4n) is 0.197. The monoisotopic (exact) mass is 226 g/mol. The summed E-state index contributed by atoms with van der Waals surface area (Å²) in [7, 11) is 0. The van der Waals surface area contributed by atoms with E-state index in [1.165, 1.54) is 0 Å². The Morgan fingerprint density at radius 1 is 1.71 bits per heavy atom. The third-order valence-electron chi connectivity index (χ3n) is 0.447. The molecule has 0 atom stereocenters. The van der Waals surface area contributed by atoms with Crippen molar-refractivity contribution >= 4 is 40.8 Å². The van der Waals surface area contributed by atoms with E-state index in [-0.39, 0.29) is 29.2 Å². The summed E-state index contributed by atoms with van der Waals surface area (Å²) in [6.45, 7) is 1.92. The van der Waals surface area contributed by atoms with E-state index in [0.717, 1.165) is 6.42 Å². The van der Waals surface area contributed by atoms with Crippen LogP contribution in [0.4, 0.5) is 0 Å². The summed E-state index contributed by atoms with van der Waals surface area (Å²) >= 11 is 4.94. The summed E-state index contributed by atoms with van der Waals surface area (Å²) in [5.41, 5.74) is 0. The van der Waals surface area contributed by atoms with Gasteiger partial charge in [0.1, 0.15) is 0 Å². The Morgan fingerprint density at radius 2 is 2.14 bits per heavy atom. The molecule has 0 heterocycles. The maximum Gasteiger partial charge on any atom is 0.221 e. The summed E-state index contributed by atoms with van der Waals surface area (Å²) in [6, 6.07) is 0. The van der Waals surface area contributed by atoms with Gasteiger partial charge in [0.15, 0.2) is 0 Å². The number of carbonyl (C=O) groups excluding carboxylic acids is 1. The molecule has 0 amide bonds. The molecule has 0 aromatic carbocycles. The topological polar surface area (TPSA) is 17.1 Å². The number of carbonyl (C=O) groups is 1. The van der Waals surface area contributed by atoms with Gasteiger partial charge in [-0.15, -0.1) is 0 Å². The van der Waals surface area contributed by atoms with Crippen LogP contribution in [-0.2, 0) is 4.79 Å². The van der Waals surface area contributed by atoms with E-state index in [1.807, 2.05) is 6.92 Å². The van der Waals surface area contributed by atoms with E-state index in [0.29, 0.717) is 6.42 Å². The zero-order chi connectivity index (χ0) is 4.99. The fraction of sp³-hybridized carbons (Fsp3) is 0.750. The normalized spacial score (nSPS) is 7.14. The molecule has 0 bridgehead atoms. The number of halogens is 1. The Hall–Kier alpha value is 0.759. The van der Waals surface area contributed by atoms with E-state index in [1.54, 1.807) is 0 Å². The van der Waals surface area contributed by atoms with Crippen LogP contribution in [0.5, 0.6) is 0 Å². The first kappa shape index (κ1) is 10.7. The van der Waals surface area contributed by atoms with E-state index in [9.17, 15) is 4.79 Å². The average Bonchev–Trinajstić information content (AvgIpc) is 1.35. The summed E-state index contributed by atoms with van der Waals surface area (Å²) in [4.78, 5) is 9.81. The molecule has 0 aromatic heterocycles. The molecule has 0 aliphatic rings. The van der Waals surface area contributed by atoms with Crippen LogP contribution in [0.3, 0.4) is 0 Å². The van der Waals surface area contributed by atoms with Gasteiger partial charge in [-0.05, 0) is 18.0 Å². The first-order valence-electron chi connectivity index (χ1n) is 1.95. The SMILES string of the molecule is CCCC(=O)Cl.[Sn]. The molecule has 0 saturated carbocycles. The Morgan fingerprint density at radius 3 is 2.14 bits per heavy atom. The molecule has 4 radical (unpaired) electrons. The number of rotatable bonds is 2. The van der Waals surface area contributed by atoms with Crippen LogP contribution in [0.25, 0.3) is 0 Å². The van der Waals surface area contributed by atoms with Crippen LogP contribution in [0.15, 0.2) is 0 Å². The van der Waals surface area contributed by atoms with E-state index in [4.69, 9.17) is 11.6 Å². The smallest absolute Gasteiger partial charge is 0.221 e. The summed E-state index contributed by atoms with van der Waals surface area (Å²) in [5.74, 6) is 0. The van der Waals surface area contributed by atoms with Crippen molar-refractivity contribution in [1.29, 1.82) is 0 Å². The third-order valence-corrected chi connectivity index (χ3v) is 0.636. The Bertz CT molecular complexity index is 55.7. The minimum atomic E-state index is -0.238. The van der Waals surface area contributed by atoms with Crippen molar-refractivity contribution in [3.8, 4) is 0 Å². The zero-order valence-electron chi connectivity index (χ0n) is 4.20. The van der Waals surface area contributed by atoms with Crippen molar-refractivity contribution in [2.24, 2.45) is 0 Å². The van der Waals surface area contributed by atoms with Gasteiger partial charge < -0.3 is 0 Å². The number of hydrogen-bond donors (Lipinski definition) is 0. The van der Waals surface area contributed by atoms with Gasteiger partial charge in [-0.2, -0.15) is 0 Å². The second-order valence-electron chi connectivity index (χ2n) is 1.11. The van der Waals surface area contributed by atoms with Gasteiger partial charge in [-0.3, -0.25) is 4.79 Å². The van der Waals surface area contributed by atoms with Crippen LogP contribution in [0.2, 0.25) is 0 Å². The predicted molar refractivity (Wildman–Crippen MR) is 31.5 cm³/mol. The molecule has 7 heavy (non-hydrogen) atoms. The third kappa shape index (κ3) is 10.8. The minimum Gasteiger partial charge on any atom is -0.281 e. The van der Waals surface area contributed by atoms with Crippen LogP contribution >= 0.6 is 11.6 Å². The van der Waals surface area contributed by atoms with Crippen molar-refractivity contribution in [2.45, 2.75) is 19.8 Å². The van der Waals surface area contributed by atoms with Gasteiger partial charge in [-0.1, -0.05) is 6.92 Å². The van der Waals surface area contributed by atoms with Crippen LogP contribution < -0.4 is 0 Å².